The highest BCUT2D eigenvalue weighted by molar-refractivity contribution is 5.99. The van der Waals surface area contributed by atoms with Gasteiger partial charge in [0.15, 0.2) is 5.76 Å². The molecule has 0 aliphatic carbocycles. The molecular formula is C19H11NO2. The molecule has 22 heavy (non-hydrogen) atoms. The van der Waals surface area contributed by atoms with Gasteiger partial charge < -0.3 is 8.83 Å². The van der Waals surface area contributed by atoms with Crippen LogP contribution in [0.4, 0.5) is 0 Å². The highest BCUT2D eigenvalue weighted by atomic mass is 16.3. The van der Waals surface area contributed by atoms with E-state index in [2.05, 4.69) is 6.07 Å². The first-order chi connectivity index (χ1) is 10.8. The molecule has 2 heterocycles. The van der Waals surface area contributed by atoms with Crippen molar-refractivity contribution in [1.82, 2.24) is 0 Å². The SMILES string of the molecule is N#C/C(=C/c1cc2ccccc2o1)c1occ2ccccc12. The van der Waals surface area contributed by atoms with Crippen LogP contribution in [0.5, 0.6) is 0 Å². The van der Waals surface area contributed by atoms with Gasteiger partial charge in [0.25, 0.3) is 0 Å². The molecule has 0 unspecified atom stereocenters. The Kier molecular flexibility index (Phi) is 2.80. The van der Waals surface area contributed by atoms with Gasteiger partial charge in [-0.1, -0.05) is 42.5 Å². The number of hydrogen-bond acceptors (Lipinski definition) is 3. The van der Waals surface area contributed by atoms with Crippen LogP contribution in [-0.2, 0) is 0 Å². The second kappa shape index (κ2) is 4.94. The largest absolute Gasteiger partial charge is 0.462 e. The first kappa shape index (κ1) is 12.5. The van der Waals surface area contributed by atoms with Crippen LogP contribution in [0.3, 0.4) is 0 Å². The average Bonchev–Trinajstić information content (AvgIpc) is 3.16. The van der Waals surface area contributed by atoms with E-state index in [-0.39, 0.29) is 0 Å². The second-order valence-corrected chi connectivity index (χ2v) is 5.01. The summed E-state index contributed by atoms with van der Waals surface area (Å²) in [5, 5.41) is 12.4. The minimum Gasteiger partial charge on any atom is -0.462 e. The molecule has 2 aromatic carbocycles. The fraction of sp³-hybridized carbons (Fsp3) is 0. The Morgan fingerprint density at radius 1 is 1.00 bits per heavy atom. The summed E-state index contributed by atoms with van der Waals surface area (Å²) in [4.78, 5) is 0. The van der Waals surface area contributed by atoms with E-state index in [1.54, 1.807) is 12.3 Å². The third-order valence-electron chi connectivity index (χ3n) is 3.61. The van der Waals surface area contributed by atoms with Gasteiger partial charge in [0.05, 0.1) is 11.8 Å². The molecule has 4 aromatic rings. The predicted octanol–water partition coefficient (Wildman–Crippen LogP) is 5.24. The third-order valence-corrected chi connectivity index (χ3v) is 3.61. The van der Waals surface area contributed by atoms with E-state index in [1.165, 1.54) is 0 Å². The van der Waals surface area contributed by atoms with Crippen molar-refractivity contribution in [2.24, 2.45) is 0 Å². The summed E-state index contributed by atoms with van der Waals surface area (Å²) in [6.07, 6.45) is 3.37. The number of nitriles is 1. The van der Waals surface area contributed by atoms with Crippen molar-refractivity contribution < 1.29 is 8.83 Å². The van der Waals surface area contributed by atoms with Crippen LogP contribution in [0.25, 0.3) is 33.4 Å². The number of benzene rings is 2. The Bertz CT molecular complexity index is 1010. The fourth-order valence-electron chi connectivity index (χ4n) is 2.57. The topological polar surface area (TPSA) is 50.1 Å². The lowest BCUT2D eigenvalue weighted by atomic mass is 10.1. The van der Waals surface area contributed by atoms with E-state index in [4.69, 9.17) is 8.83 Å². The zero-order valence-electron chi connectivity index (χ0n) is 11.6. The van der Waals surface area contributed by atoms with E-state index in [0.29, 0.717) is 17.1 Å². The van der Waals surface area contributed by atoms with E-state index < -0.39 is 0 Å². The molecule has 0 aliphatic rings. The summed E-state index contributed by atoms with van der Waals surface area (Å²) in [7, 11) is 0. The van der Waals surface area contributed by atoms with Gasteiger partial charge >= 0.3 is 0 Å². The lowest BCUT2D eigenvalue weighted by molar-refractivity contribution is 0.559. The van der Waals surface area contributed by atoms with Gasteiger partial charge in [-0.05, 0) is 12.1 Å². The van der Waals surface area contributed by atoms with Gasteiger partial charge in [-0.2, -0.15) is 5.26 Å². The molecule has 0 bridgehead atoms. The molecule has 0 amide bonds. The number of allylic oxidation sites excluding steroid dienone is 1. The standard InChI is InChI=1S/C19H11NO2/c20-11-15(19-17-7-3-1-6-14(17)12-21-19)10-16-9-13-5-2-4-8-18(13)22-16/h1-10,12H/b15-10-. The molecule has 0 fully saturated rings. The van der Waals surface area contributed by atoms with Crippen molar-refractivity contribution >= 4 is 33.4 Å². The smallest absolute Gasteiger partial charge is 0.152 e. The third kappa shape index (κ3) is 1.99. The molecule has 0 N–H and O–H groups in total. The summed E-state index contributed by atoms with van der Waals surface area (Å²) in [6, 6.07) is 19.6. The molecular weight excluding hydrogens is 274 g/mol. The van der Waals surface area contributed by atoms with Crippen LogP contribution in [0.15, 0.2) is 69.7 Å². The zero-order valence-corrected chi connectivity index (χ0v) is 11.6. The zero-order chi connectivity index (χ0) is 14.9. The van der Waals surface area contributed by atoms with Crippen molar-refractivity contribution in [3.05, 3.63) is 72.4 Å². The fourth-order valence-corrected chi connectivity index (χ4v) is 2.57. The minimum atomic E-state index is 0.445. The maximum absolute atomic E-state index is 9.47. The lowest BCUT2D eigenvalue weighted by Crippen LogP contribution is -1.78. The minimum absolute atomic E-state index is 0.445. The number of rotatable bonds is 2. The van der Waals surface area contributed by atoms with Gasteiger partial charge in [-0.15, -0.1) is 0 Å². The Morgan fingerprint density at radius 3 is 2.59 bits per heavy atom. The Balaban J connectivity index is 1.86. The number of para-hydroxylation sites is 1. The van der Waals surface area contributed by atoms with Crippen LogP contribution < -0.4 is 0 Å². The van der Waals surface area contributed by atoms with Crippen molar-refractivity contribution in [2.75, 3.05) is 0 Å². The highest BCUT2D eigenvalue weighted by Crippen LogP contribution is 2.29. The molecule has 0 saturated heterocycles. The Morgan fingerprint density at radius 2 is 1.77 bits per heavy atom. The molecule has 3 heteroatoms. The normalized spacial score (nSPS) is 11.9. The molecule has 4 rings (SSSR count). The van der Waals surface area contributed by atoms with Crippen molar-refractivity contribution in [3.8, 4) is 6.07 Å². The van der Waals surface area contributed by atoms with E-state index in [1.807, 2.05) is 54.6 Å². The van der Waals surface area contributed by atoms with Gasteiger partial charge in [-0.25, -0.2) is 0 Å². The molecule has 0 aliphatic heterocycles. The second-order valence-electron chi connectivity index (χ2n) is 5.01. The van der Waals surface area contributed by atoms with Crippen LogP contribution in [0.1, 0.15) is 11.5 Å². The van der Waals surface area contributed by atoms with Crippen LogP contribution in [0.2, 0.25) is 0 Å². The van der Waals surface area contributed by atoms with E-state index in [9.17, 15) is 5.26 Å². The summed E-state index contributed by atoms with van der Waals surface area (Å²) in [5.41, 5.74) is 1.25. The van der Waals surface area contributed by atoms with Gasteiger partial charge in [0, 0.05) is 22.2 Å². The number of furan rings is 2. The number of fused-ring (bicyclic) bond motifs is 2. The summed E-state index contributed by atoms with van der Waals surface area (Å²) < 4.78 is 11.3. The monoisotopic (exact) mass is 285 g/mol. The number of nitrogens with zero attached hydrogens (tertiary/aromatic N) is 1. The maximum Gasteiger partial charge on any atom is 0.152 e. The highest BCUT2D eigenvalue weighted by Gasteiger charge is 2.12. The molecule has 3 nitrogen and oxygen atoms in total. The van der Waals surface area contributed by atoms with Crippen LogP contribution in [0, 0.1) is 11.3 Å². The Labute approximate surface area is 126 Å². The van der Waals surface area contributed by atoms with Crippen LogP contribution >= 0.6 is 0 Å². The molecule has 104 valence electrons. The van der Waals surface area contributed by atoms with Gasteiger partial charge in [0.2, 0.25) is 0 Å². The van der Waals surface area contributed by atoms with Gasteiger partial charge in [0.1, 0.15) is 17.4 Å². The first-order valence-electron chi connectivity index (χ1n) is 6.92. The van der Waals surface area contributed by atoms with Crippen molar-refractivity contribution in [2.45, 2.75) is 0 Å². The summed E-state index contributed by atoms with van der Waals surface area (Å²) in [5.74, 6) is 1.21. The Hall–Kier alpha value is -3.25. The molecule has 0 atom stereocenters. The maximum atomic E-state index is 9.47. The quantitative estimate of drug-likeness (QED) is 0.473. The van der Waals surface area contributed by atoms with Crippen molar-refractivity contribution in [1.29, 1.82) is 5.26 Å². The molecule has 2 aromatic heterocycles. The lowest BCUT2D eigenvalue weighted by Gasteiger charge is -1.94. The first-order valence-corrected chi connectivity index (χ1v) is 6.92. The van der Waals surface area contributed by atoms with E-state index >= 15 is 0 Å². The summed E-state index contributed by atoms with van der Waals surface area (Å²) in [6.45, 7) is 0. The summed E-state index contributed by atoms with van der Waals surface area (Å²) >= 11 is 0. The van der Waals surface area contributed by atoms with E-state index in [0.717, 1.165) is 21.7 Å². The molecule has 0 saturated carbocycles. The predicted molar refractivity (Wildman–Crippen MR) is 85.9 cm³/mol. The van der Waals surface area contributed by atoms with Gasteiger partial charge in [-0.3, -0.25) is 0 Å². The van der Waals surface area contributed by atoms with Crippen molar-refractivity contribution in [3.63, 3.8) is 0 Å². The average molecular weight is 285 g/mol. The molecule has 0 radical (unpaired) electrons. The van der Waals surface area contributed by atoms with Crippen LogP contribution in [-0.4, -0.2) is 0 Å². The number of hydrogen-bond donors (Lipinski definition) is 0. The molecule has 0 spiro atoms.